The first-order valence-corrected chi connectivity index (χ1v) is 8.19. The summed E-state index contributed by atoms with van der Waals surface area (Å²) in [6.07, 6.45) is 1.92. The van der Waals surface area contributed by atoms with E-state index in [2.05, 4.69) is 9.71 Å². The molecule has 0 aliphatic rings. The highest BCUT2D eigenvalue weighted by atomic mass is 32.2. The maximum Gasteiger partial charge on any atom is 0.320 e. The number of anilines is 1. The van der Waals surface area contributed by atoms with Gasteiger partial charge in [0.1, 0.15) is 11.9 Å². The van der Waals surface area contributed by atoms with Gasteiger partial charge in [-0.2, -0.15) is 0 Å². The molecule has 0 saturated carbocycles. The van der Waals surface area contributed by atoms with Crippen molar-refractivity contribution < 1.29 is 14.1 Å². The van der Waals surface area contributed by atoms with Crippen molar-refractivity contribution in [1.29, 1.82) is 0 Å². The van der Waals surface area contributed by atoms with Crippen molar-refractivity contribution >= 4 is 22.6 Å². The summed E-state index contributed by atoms with van der Waals surface area (Å²) in [6, 6.07) is 4.44. The molecule has 2 rings (SSSR count). The number of nitrogens with zero attached hydrogens (tertiary/aromatic N) is 2. The Hall–Kier alpha value is -2.19. The van der Waals surface area contributed by atoms with Crippen LogP contribution in [0.25, 0.3) is 0 Å². The molecule has 0 bridgehead atoms. The number of imidazole rings is 1. The Balaban J connectivity index is 2.17. The highest BCUT2D eigenvalue weighted by molar-refractivity contribution is 7.86. The number of hydrogen-bond acceptors (Lipinski definition) is 4. The van der Waals surface area contributed by atoms with E-state index in [-0.39, 0.29) is 6.42 Å². The Kier molecular flexibility index (Phi) is 5.17. The fraction of sp³-hybridized carbons (Fsp3) is 0.333. The number of rotatable bonds is 6. The molecule has 0 radical (unpaired) electrons. The van der Waals surface area contributed by atoms with Gasteiger partial charge in [-0.3, -0.25) is 9.52 Å². The van der Waals surface area contributed by atoms with Crippen molar-refractivity contribution in [2.24, 2.45) is 12.8 Å². The molecular weight excluding hydrogens is 316 g/mol. The first-order chi connectivity index (χ1) is 10.8. The fourth-order valence-electron chi connectivity index (χ4n) is 2.05. The zero-order valence-electron chi connectivity index (χ0n) is 13.2. The van der Waals surface area contributed by atoms with Gasteiger partial charge in [0, 0.05) is 18.9 Å². The van der Waals surface area contributed by atoms with Crippen molar-refractivity contribution in [3.63, 3.8) is 0 Å². The SMILES string of the molecule is Cc1ccc(NS(=O)c2cn(C)c(C)n2)cc1CC(N)C(=O)O. The Morgan fingerprint density at radius 1 is 1.48 bits per heavy atom. The first-order valence-electron chi connectivity index (χ1n) is 7.04. The van der Waals surface area contributed by atoms with E-state index in [9.17, 15) is 9.00 Å². The molecular formula is C15H20N4O3S. The van der Waals surface area contributed by atoms with Crippen LogP contribution in [0.5, 0.6) is 0 Å². The number of nitrogens with one attached hydrogen (secondary N) is 1. The maximum absolute atomic E-state index is 12.3. The lowest BCUT2D eigenvalue weighted by Gasteiger charge is -2.12. The predicted octanol–water partition coefficient (Wildman–Crippen LogP) is 1.13. The minimum absolute atomic E-state index is 0.214. The smallest absolute Gasteiger partial charge is 0.320 e. The summed E-state index contributed by atoms with van der Waals surface area (Å²) in [5.41, 5.74) is 7.96. The van der Waals surface area contributed by atoms with E-state index in [1.165, 1.54) is 0 Å². The minimum Gasteiger partial charge on any atom is -0.480 e. The molecule has 7 nitrogen and oxygen atoms in total. The standard InChI is InChI=1S/C15H20N4O3S/c1-9-4-5-12(6-11(9)7-13(16)15(20)21)18-23(22)14-8-19(3)10(2)17-14/h4-6,8,13,18H,7,16H2,1-3H3,(H,20,21). The van der Waals surface area contributed by atoms with E-state index < -0.39 is 23.0 Å². The molecule has 2 aromatic rings. The van der Waals surface area contributed by atoms with Crippen LogP contribution in [-0.4, -0.2) is 30.9 Å². The molecule has 1 heterocycles. The summed E-state index contributed by atoms with van der Waals surface area (Å²) in [4.78, 5) is 15.1. The predicted molar refractivity (Wildman–Crippen MR) is 88.5 cm³/mol. The summed E-state index contributed by atoms with van der Waals surface area (Å²) in [5, 5.41) is 9.37. The molecule has 1 aromatic heterocycles. The van der Waals surface area contributed by atoms with Crippen molar-refractivity contribution in [1.82, 2.24) is 9.55 Å². The molecule has 0 aliphatic heterocycles. The molecule has 4 N–H and O–H groups in total. The normalized spacial score (nSPS) is 13.6. The third-order valence-electron chi connectivity index (χ3n) is 3.59. The maximum atomic E-state index is 12.3. The molecule has 2 unspecified atom stereocenters. The van der Waals surface area contributed by atoms with Crippen molar-refractivity contribution in [3.05, 3.63) is 41.3 Å². The zero-order chi connectivity index (χ0) is 17.1. The monoisotopic (exact) mass is 336 g/mol. The topological polar surface area (TPSA) is 110 Å². The van der Waals surface area contributed by atoms with Crippen LogP contribution >= 0.6 is 0 Å². The van der Waals surface area contributed by atoms with Crippen LogP contribution in [0.15, 0.2) is 29.4 Å². The molecule has 124 valence electrons. The van der Waals surface area contributed by atoms with Crippen LogP contribution in [0.3, 0.4) is 0 Å². The Morgan fingerprint density at radius 2 is 2.17 bits per heavy atom. The van der Waals surface area contributed by atoms with Gasteiger partial charge in [-0.25, -0.2) is 9.19 Å². The molecule has 0 aliphatic carbocycles. The van der Waals surface area contributed by atoms with Gasteiger partial charge in [-0.15, -0.1) is 0 Å². The molecule has 0 fully saturated rings. The third-order valence-corrected chi connectivity index (χ3v) is 4.59. The number of carboxylic acid groups (broad SMARTS) is 1. The van der Waals surface area contributed by atoms with Crippen molar-refractivity contribution in [2.75, 3.05) is 4.72 Å². The Morgan fingerprint density at radius 3 is 2.74 bits per heavy atom. The molecule has 0 spiro atoms. The van der Waals surface area contributed by atoms with Gasteiger partial charge in [0.2, 0.25) is 0 Å². The second kappa shape index (κ2) is 6.93. The van der Waals surface area contributed by atoms with E-state index in [0.29, 0.717) is 10.7 Å². The van der Waals surface area contributed by atoms with Gasteiger partial charge in [-0.1, -0.05) is 6.07 Å². The summed E-state index contributed by atoms with van der Waals surface area (Å²) >= 11 is 0. The van der Waals surface area contributed by atoms with Crippen LogP contribution < -0.4 is 10.5 Å². The summed E-state index contributed by atoms with van der Waals surface area (Å²) < 4.78 is 17.0. The second-order valence-corrected chi connectivity index (χ2v) is 6.56. The van der Waals surface area contributed by atoms with Gasteiger partial charge < -0.3 is 15.4 Å². The number of benzene rings is 1. The van der Waals surface area contributed by atoms with Crippen LogP contribution in [0.1, 0.15) is 17.0 Å². The van der Waals surface area contributed by atoms with E-state index >= 15 is 0 Å². The van der Waals surface area contributed by atoms with Gasteiger partial charge in [-0.05, 0) is 43.5 Å². The molecule has 2 atom stereocenters. The van der Waals surface area contributed by atoms with E-state index in [1.54, 1.807) is 22.9 Å². The molecule has 0 amide bonds. The number of carbonyl (C=O) groups is 1. The van der Waals surface area contributed by atoms with Gasteiger partial charge in [0.25, 0.3) is 0 Å². The minimum atomic E-state index is -1.49. The van der Waals surface area contributed by atoms with Gasteiger partial charge in [0.15, 0.2) is 16.0 Å². The third kappa shape index (κ3) is 4.17. The Labute approximate surface area is 137 Å². The molecule has 23 heavy (non-hydrogen) atoms. The molecule has 8 heteroatoms. The highest BCUT2D eigenvalue weighted by Gasteiger charge is 2.15. The van der Waals surface area contributed by atoms with E-state index in [4.69, 9.17) is 10.8 Å². The van der Waals surface area contributed by atoms with Gasteiger partial charge >= 0.3 is 5.97 Å². The van der Waals surface area contributed by atoms with E-state index in [0.717, 1.165) is 17.0 Å². The number of carboxylic acids is 1. The first kappa shape index (κ1) is 17.2. The quantitative estimate of drug-likeness (QED) is 0.732. The average molecular weight is 336 g/mol. The number of aromatic nitrogens is 2. The lowest BCUT2D eigenvalue weighted by molar-refractivity contribution is -0.138. The summed E-state index contributed by atoms with van der Waals surface area (Å²) in [7, 11) is 0.344. The second-order valence-electron chi connectivity index (χ2n) is 5.40. The lowest BCUT2D eigenvalue weighted by atomic mass is 10.0. The van der Waals surface area contributed by atoms with Crippen LogP contribution in [0.4, 0.5) is 5.69 Å². The van der Waals surface area contributed by atoms with E-state index in [1.807, 2.05) is 27.0 Å². The number of aliphatic carboxylic acids is 1. The van der Waals surface area contributed by atoms with Crippen LogP contribution in [0, 0.1) is 13.8 Å². The lowest BCUT2D eigenvalue weighted by Crippen LogP contribution is -2.32. The molecule has 1 aromatic carbocycles. The highest BCUT2D eigenvalue weighted by Crippen LogP contribution is 2.19. The summed E-state index contributed by atoms with van der Waals surface area (Å²) in [6.45, 7) is 3.71. The van der Waals surface area contributed by atoms with Crippen molar-refractivity contribution in [3.8, 4) is 0 Å². The van der Waals surface area contributed by atoms with Gasteiger partial charge in [0.05, 0.1) is 0 Å². The zero-order valence-corrected chi connectivity index (χ0v) is 14.1. The average Bonchev–Trinajstić information content (AvgIpc) is 2.82. The number of hydrogen-bond donors (Lipinski definition) is 3. The Bertz CT molecular complexity index is 738. The fourth-order valence-corrected chi connectivity index (χ4v) is 2.97. The largest absolute Gasteiger partial charge is 0.480 e. The van der Waals surface area contributed by atoms with Crippen LogP contribution in [0.2, 0.25) is 0 Å². The summed E-state index contributed by atoms with van der Waals surface area (Å²) in [5.74, 6) is -0.275. The number of aryl methyl sites for hydroxylation is 3. The molecule has 0 saturated heterocycles. The van der Waals surface area contributed by atoms with Crippen molar-refractivity contribution in [2.45, 2.75) is 31.3 Å². The number of nitrogens with two attached hydrogens (primary N) is 1. The van der Waals surface area contributed by atoms with Crippen LogP contribution in [-0.2, 0) is 29.2 Å².